The third-order valence-corrected chi connectivity index (χ3v) is 7.72. The fourth-order valence-corrected chi connectivity index (χ4v) is 7.09. The summed E-state index contributed by atoms with van der Waals surface area (Å²) in [5.41, 5.74) is 1.87. The molecule has 1 heterocycles. The van der Waals surface area contributed by atoms with Crippen LogP contribution in [0, 0.1) is 23.2 Å². The van der Waals surface area contributed by atoms with E-state index in [-0.39, 0.29) is 29.9 Å². The van der Waals surface area contributed by atoms with Gasteiger partial charge in [-0.1, -0.05) is 0 Å². The van der Waals surface area contributed by atoms with Crippen LogP contribution in [0.3, 0.4) is 0 Å². The molecule has 4 saturated carbocycles. The molecule has 1 aromatic carbocycles. The lowest BCUT2D eigenvalue weighted by atomic mass is 9.49. The van der Waals surface area contributed by atoms with Gasteiger partial charge in [0.25, 0.3) is 0 Å². The fraction of sp³-hybridized carbons (Fsp3) is 0.680. The summed E-state index contributed by atoms with van der Waals surface area (Å²) < 4.78 is 11.5. The number of fused-ring (bicyclic) bond motifs is 1. The Labute approximate surface area is 184 Å². The highest BCUT2D eigenvalue weighted by molar-refractivity contribution is 5.96. The van der Waals surface area contributed by atoms with Crippen LogP contribution in [-0.4, -0.2) is 31.1 Å². The number of nitrogens with one attached hydrogen (secondary N) is 2. The number of carbonyl (C=O) groups excluding carboxylic acids is 2. The molecule has 6 heteroatoms. The monoisotopic (exact) mass is 426 g/mol. The number of hydrogen-bond acceptors (Lipinski definition) is 4. The maximum atomic E-state index is 12.7. The van der Waals surface area contributed by atoms with Crippen LogP contribution in [0.1, 0.15) is 64.4 Å². The van der Waals surface area contributed by atoms with Crippen LogP contribution < -0.4 is 20.1 Å². The molecule has 6 rings (SSSR count). The molecule has 5 aliphatic rings. The Morgan fingerprint density at radius 2 is 1.77 bits per heavy atom. The van der Waals surface area contributed by atoms with Crippen molar-refractivity contribution in [2.24, 2.45) is 23.2 Å². The first-order chi connectivity index (χ1) is 14.9. The average Bonchev–Trinajstić information content (AvgIpc) is 3.04. The van der Waals surface area contributed by atoms with Gasteiger partial charge >= 0.3 is 0 Å². The lowest BCUT2D eigenvalue weighted by Gasteiger charge is -2.56. The number of benzene rings is 1. The summed E-state index contributed by atoms with van der Waals surface area (Å²) in [5.74, 6) is 3.67. The maximum absolute atomic E-state index is 12.7. The second-order valence-electron chi connectivity index (χ2n) is 10.4. The number of ether oxygens (including phenoxy) is 2. The van der Waals surface area contributed by atoms with Gasteiger partial charge in [0.1, 0.15) is 17.6 Å². The van der Waals surface area contributed by atoms with E-state index in [1.165, 1.54) is 38.5 Å². The molecule has 1 atom stereocenters. The summed E-state index contributed by atoms with van der Waals surface area (Å²) >= 11 is 0. The summed E-state index contributed by atoms with van der Waals surface area (Å²) in [6.45, 7) is 4.44. The smallest absolute Gasteiger partial charge is 0.243 e. The second-order valence-corrected chi connectivity index (χ2v) is 10.4. The molecule has 168 valence electrons. The van der Waals surface area contributed by atoms with E-state index in [2.05, 4.69) is 10.6 Å². The fourth-order valence-electron chi connectivity index (χ4n) is 7.09. The van der Waals surface area contributed by atoms with E-state index in [1.807, 2.05) is 26.0 Å². The molecule has 0 spiro atoms. The van der Waals surface area contributed by atoms with Crippen LogP contribution >= 0.6 is 0 Å². The van der Waals surface area contributed by atoms with Crippen LogP contribution in [0.5, 0.6) is 11.5 Å². The van der Waals surface area contributed by atoms with E-state index < -0.39 is 0 Å². The molecule has 0 radical (unpaired) electrons. The Kier molecular flexibility index (Phi) is 5.35. The van der Waals surface area contributed by atoms with Crippen molar-refractivity contribution in [3.63, 3.8) is 0 Å². The number of amides is 2. The molecule has 1 aliphatic heterocycles. The minimum absolute atomic E-state index is 0.00763. The summed E-state index contributed by atoms with van der Waals surface area (Å²) in [6.07, 6.45) is 9.23. The highest BCUT2D eigenvalue weighted by Gasteiger charge is 2.51. The molecule has 2 N–H and O–H groups in total. The van der Waals surface area contributed by atoms with E-state index >= 15 is 0 Å². The molecule has 4 bridgehead atoms. The molecule has 4 fully saturated rings. The van der Waals surface area contributed by atoms with Crippen molar-refractivity contribution in [3.05, 3.63) is 17.7 Å². The number of anilines is 1. The molecule has 4 aliphatic carbocycles. The van der Waals surface area contributed by atoms with Gasteiger partial charge in [0, 0.05) is 24.5 Å². The molecular weight excluding hydrogens is 392 g/mol. The molecule has 6 nitrogen and oxygen atoms in total. The van der Waals surface area contributed by atoms with Gasteiger partial charge in [-0.25, -0.2) is 0 Å². The summed E-state index contributed by atoms with van der Waals surface area (Å²) in [5, 5.41) is 5.76. The molecule has 0 aromatic heterocycles. The minimum atomic E-state index is -0.245. The SMILES string of the molecule is CCOc1cc2c(cc1NC(=O)CNC(=O)CC13CC4CC(CC(C4)C1)C3)OC(C)C2. The van der Waals surface area contributed by atoms with Gasteiger partial charge in [-0.2, -0.15) is 0 Å². The summed E-state index contributed by atoms with van der Waals surface area (Å²) in [7, 11) is 0. The maximum Gasteiger partial charge on any atom is 0.243 e. The van der Waals surface area contributed by atoms with Gasteiger partial charge < -0.3 is 20.1 Å². The van der Waals surface area contributed by atoms with Crippen LogP contribution in [0.2, 0.25) is 0 Å². The highest BCUT2D eigenvalue weighted by Crippen LogP contribution is 2.61. The third-order valence-electron chi connectivity index (χ3n) is 7.72. The lowest BCUT2D eigenvalue weighted by molar-refractivity contribution is -0.131. The van der Waals surface area contributed by atoms with Crippen molar-refractivity contribution in [3.8, 4) is 11.5 Å². The standard InChI is InChI=1S/C25H34N2O4/c1-3-30-22-8-19-4-15(2)31-21(19)9-20(22)27-24(29)14-26-23(28)13-25-10-16-5-17(11-25)7-18(6-16)12-25/h8-9,15-18H,3-7,10-14H2,1-2H3,(H,26,28)(H,27,29). The van der Waals surface area contributed by atoms with Crippen LogP contribution in [0.15, 0.2) is 12.1 Å². The number of rotatable bonds is 7. The number of carbonyl (C=O) groups is 2. The first-order valence-electron chi connectivity index (χ1n) is 11.9. The van der Waals surface area contributed by atoms with Crippen molar-refractivity contribution in [1.29, 1.82) is 0 Å². The Bertz CT molecular complexity index is 845. The summed E-state index contributed by atoms with van der Waals surface area (Å²) in [4.78, 5) is 25.3. The van der Waals surface area contributed by atoms with Crippen LogP contribution in [0.4, 0.5) is 5.69 Å². The van der Waals surface area contributed by atoms with Gasteiger partial charge in [0.15, 0.2) is 0 Å². The van der Waals surface area contributed by atoms with Crippen molar-refractivity contribution in [2.75, 3.05) is 18.5 Å². The van der Waals surface area contributed by atoms with Crippen LogP contribution in [0.25, 0.3) is 0 Å². The van der Waals surface area contributed by atoms with Gasteiger partial charge in [-0.15, -0.1) is 0 Å². The van der Waals surface area contributed by atoms with Gasteiger partial charge in [-0.3, -0.25) is 9.59 Å². The average molecular weight is 427 g/mol. The van der Waals surface area contributed by atoms with Crippen molar-refractivity contribution in [2.45, 2.75) is 71.3 Å². The Morgan fingerprint density at radius 3 is 2.42 bits per heavy atom. The molecule has 31 heavy (non-hydrogen) atoms. The molecular formula is C25H34N2O4. The van der Waals surface area contributed by atoms with Crippen molar-refractivity contribution >= 4 is 17.5 Å². The van der Waals surface area contributed by atoms with Crippen LogP contribution in [-0.2, 0) is 16.0 Å². The van der Waals surface area contributed by atoms with E-state index in [4.69, 9.17) is 9.47 Å². The molecule has 0 saturated heterocycles. The Balaban J connectivity index is 1.17. The lowest BCUT2D eigenvalue weighted by Crippen LogP contribution is -2.48. The van der Waals surface area contributed by atoms with E-state index in [0.29, 0.717) is 24.5 Å². The second kappa shape index (κ2) is 8.03. The molecule has 1 unspecified atom stereocenters. The third kappa shape index (κ3) is 4.26. The van der Waals surface area contributed by atoms with Gasteiger partial charge in [0.05, 0.1) is 18.8 Å². The Hall–Kier alpha value is -2.24. The summed E-state index contributed by atoms with van der Waals surface area (Å²) in [6, 6.07) is 3.78. The van der Waals surface area contributed by atoms with E-state index in [9.17, 15) is 9.59 Å². The van der Waals surface area contributed by atoms with Gasteiger partial charge in [0.2, 0.25) is 11.8 Å². The zero-order valence-electron chi connectivity index (χ0n) is 18.7. The Morgan fingerprint density at radius 1 is 1.10 bits per heavy atom. The first-order valence-corrected chi connectivity index (χ1v) is 11.9. The largest absolute Gasteiger partial charge is 0.492 e. The zero-order chi connectivity index (χ0) is 21.6. The number of hydrogen-bond donors (Lipinski definition) is 2. The van der Waals surface area contributed by atoms with Crippen molar-refractivity contribution < 1.29 is 19.1 Å². The molecule has 1 aromatic rings. The quantitative estimate of drug-likeness (QED) is 0.689. The predicted molar refractivity (Wildman–Crippen MR) is 118 cm³/mol. The highest BCUT2D eigenvalue weighted by atomic mass is 16.5. The topological polar surface area (TPSA) is 76.7 Å². The zero-order valence-corrected chi connectivity index (χ0v) is 18.7. The molecule has 2 amide bonds. The van der Waals surface area contributed by atoms with Gasteiger partial charge in [-0.05, 0) is 81.6 Å². The van der Waals surface area contributed by atoms with E-state index in [1.54, 1.807) is 0 Å². The van der Waals surface area contributed by atoms with E-state index in [0.717, 1.165) is 35.5 Å². The normalized spacial score (nSPS) is 32.3. The minimum Gasteiger partial charge on any atom is -0.492 e. The first kappa shape index (κ1) is 20.7. The van der Waals surface area contributed by atoms with Crippen molar-refractivity contribution in [1.82, 2.24) is 5.32 Å². The predicted octanol–water partition coefficient (Wildman–Crippen LogP) is 4.07.